The standard InChI is InChI=1S/C19H24O6/c1-10(2)11-4-5-13-17(22)16(24-18(13)23)9-19(3)8-14(21)15(25-19)7-12(20)6-11/h5,11,15-17,22H,1,4,6-9H2,2-3H3/b13-5+. The van der Waals surface area contributed by atoms with Crippen LogP contribution in [0.1, 0.15) is 46.0 Å². The van der Waals surface area contributed by atoms with Crippen LogP contribution in [0.2, 0.25) is 0 Å². The summed E-state index contributed by atoms with van der Waals surface area (Å²) in [5, 5.41) is 10.5. The van der Waals surface area contributed by atoms with Crippen molar-refractivity contribution >= 4 is 17.5 Å². The highest BCUT2D eigenvalue weighted by molar-refractivity contribution is 5.93. The average Bonchev–Trinajstić information content (AvgIpc) is 2.91. The number of aliphatic hydroxyl groups is 1. The van der Waals surface area contributed by atoms with E-state index in [1.165, 1.54) is 0 Å². The molecule has 0 radical (unpaired) electrons. The van der Waals surface area contributed by atoms with Crippen LogP contribution < -0.4 is 0 Å². The van der Waals surface area contributed by atoms with Gasteiger partial charge in [-0.1, -0.05) is 18.2 Å². The molecule has 0 amide bonds. The van der Waals surface area contributed by atoms with Gasteiger partial charge in [-0.15, -0.1) is 0 Å². The summed E-state index contributed by atoms with van der Waals surface area (Å²) in [6.07, 6.45) is 0.187. The van der Waals surface area contributed by atoms with Crippen molar-refractivity contribution in [3.05, 3.63) is 23.8 Å². The molecule has 3 rings (SSSR count). The van der Waals surface area contributed by atoms with Crippen molar-refractivity contribution < 1.29 is 29.0 Å². The zero-order valence-electron chi connectivity index (χ0n) is 14.6. The zero-order valence-corrected chi connectivity index (χ0v) is 14.6. The lowest BCUT2D eigenvalue weighted by Crippen LogP contribution is -2.35. The number of rotatable bonds is 1. The first kappa shape index (κ1) is 18.0. The van der Waals surface area contributed by atoms with Gasteiger partial charge in [-0.25, -0.2) is 4.79 Å². The summed E-state index contributed by atoms with van der Waals surface area (Å²) in [4.78, 5) is 36.8. The van der Waals surface area contributed by atoms with E-state index in [0.717, 1.165) is 5.57 Å². The molecule has 4 bridgehead atoms. The molecule has 0 aliphatic carbocycles. The fraction of sp³-hybridized carbons (Fsp3) is 0.632. The van der Waals surface area contributed by atoms with Crippen molar-refractivity contribution in [3.63, 3.8) is 0 Å². The van der Waals surface area contributed by atoms with E-state index in [4.69, 9.17) is 9.47 Å². The third-order valence-corrected chi connectivity index (χ3v) is 5.34. The number of fused-ring (bicyclic) bond motifs is 4. The smallest absolute Gasteiger partial charge is 0.336 e. The minimum absolute atomic E-state index is 0.0541. The molecule has 1 N–H and O–H groups in total. The summed E-state index contributed by atoms with van der Waals surface area (Å²) < 4.78 is 11.2. The number of carbonyl (C=O) groups is 3. The fourth-order valence-corrected chi connectivity index (χ4v) is 3.88. The second-order valence-corrected chi connectivity index (χ2v) is 7.68. The molecular weight excluding hydrogens is 324 g/mol. The number of esters is 1. The molecule has 2 saturated heterocycles. The van der Waals surface area contributed by atoms with E-state index in [0.29, 0.717) is 6.42 Å². The molecule has 3 heterocycles. The molecular formula is C19H24O6. The van der Waals surface area contributed by atoms with E-state index in [-0.39, 0.29) is 48.7 Å². The van der Waals surface area contributed by atoms with Gasteiger partial charge in [-0.3, -0.25) is 9.59 Å². The van der Waals surface area contributed by atoms with Crippen LogP contribution in [0.3, 0.4) is 0 Å². The molecule has 5 atom stereocenters. The van der Waals surface area contributed by atoms with E-state index in [1.54, 1.807) is 13.0 Å². The molecule has 3 aliphatic rings. The van der Waals surface area contributed by atoms with Gasteiger partial charge in [0.05, 0.1) is 11.2 Å². The third-order valence-electron chi connectivity index (χ3n) is 5.34. The molecule has 0 aromatic rings. The molecule has 0 spiro atoms. The maximum atomic E-state index is 12.4. The van der Waals surface area contributed by atoms with Crippen molar-refractivity contribution in [1.29, 1.82) is 0 Å². The van der Waals surface area contributed by atoms with Crippen LogP contribution in [-0.4, -0.2) is 46.6 Å². The highest BCUT2D eigenvalue weighted by Crippen LogP contribution is 2.38. The Hall–Kier alpha value is -1.79. The van der Waals surface area contributed by atoms with E-state index < -0.39 is 29.9 Å². The van der Waals surface area contributed by atoms with Crippen LogP contribution in [0.5, 0.6) is 0 Å². The van der Waals surface area contributed by atoms with Crippen LogP contribution >= 0.6 is 0 Å². The van der Waals surface area contributed by atoms with Crippen molar-refractivity contribution in [1.82, 2.24) is 0 Å². The van der Waals surface area contributed by atoms with Gasteiger partial charge in [-0.2, -0.15) is 0 Å². The van der Waals surface area contributed by atoms with Crippen molar-refractivity contribution in [2.75, 3.05) is 0 Å². The van der Waals surface area contributed by atoms with Crippen molar-refractivity contribution in [2.45, 2.75) is 69.9 Å². The minimum Gasteiger partial charge on any atom is -0.456 e. The number of hydrogen-bond acceptors (Lipinski definition) is 6. The Bertz CT molecular complexity index is 663. The third kappa shape index (κ3) is 3.60. The maximum absolute atomic E-state index is 12.4. The molecule has 25 heavy (non-hydrogen) atoms. The summed E-state index contributed by atoms with van der Waals surface area (Å²) in [6, 6.07) is 0. The van der Waals surface area contributed by atoms with Crippen LogP contribution in [-0.2, 0) is 23.9 Å². The fourth-order valence-electron chi connectivity index (χ4n) is 3.88. The summed E-state index contributed by atoms with van der Waals surface area (Å²) in [5.41, 5.74) is 0.194. The Morgan fingerprint density at radius 2 is 2.04 bits per heavy atom. The molecule has 3 aliphatic heterocycles. The molecule has 136 valence electrons. The Morgan fingerprint density at radius 3 is 2.72 bits per heavy atom. The molecule has 6 heteroatoms. The molecule has 0 aromatic carbocycles. The molecule has 0 saturated carbocycles. The first-order valence-electron chi connectivity index (χ1n) is 8.65. The number of Topliss-reactive ketones (excluding diaryl/α,β-unsaturated/α-hetero) is 2. The van der Waals surface area contributed by atoms with E-state index >= 15 is 0 Å². The summed E-state index contributed by atoms with van der Waals surface area (Å²) >= 11 is 0. The lowest BCUT2D eigenvalue weighted by Gasteiger charge is -2.27. The number of ketones is 2. The zero-order chi connectivity index (χ0) is 18.4. The number of hydrogen-bond donors (Lipinski definition) is 1. The van der Waals surface area contributed by atoms with E-state index in [1.807, 2.05) is 6.92 Å². The van der Waals surface area contributed by atoms with Gasteiger partial charge in [0.2, 0.25) is 0 Å². The molecule has 5 unspecified atom stereocenters. The minimum atomic E-state index is -1.05. The van der Waals surface area contributed by atoms with Crippen molar-refractivity contribution in [2.24, 2.45) is 5.92 Å². The second-order valence-electron chi connectivity index (χ2n) is 7.68. The predicted molar refractivity (Wildman–Crippen MR) is 88.7 cm³/mol. The van der Waals surface area contributed by atoms with Crippen LogP contribution in [0.15, 0.2) is 23.8 Å². The highest BCUT2D eigenvalue weighted by atomic mass is 16.6. The van der Waals surface area contributed by atoms with Gasteiger partial charge < -0.3 is 14.6 Å². The Morgan fingerprint density at radius 1 is 1.32 bits per heavy atom. The van der Waals surface area contributed by atoms with Gasteiger partial charge in [-0.05, 0) is 26.2 Å². The topological polar surface area (TPSA) is 89.9 Å². The number of aliphatic hydroxyl groups excluding tert-OH is 1. The van der Waals surface area contributed by atoms with Gasteiger partial charge >= 0.3 is 5.97 Å². The highest BCUT2D eigenvalue weighted by Gasteiger charge is 2.49. The average molecular weight is 348 g/mol. The molecule has 6 nitrogen and oxygen atoms in total. The van der Waals surface area contributed by atoms with Crippen LogP contribution in [0.4, 0.5) is 0 Å². The first-order valence-corrected chi connectivity index (χ1v) is 8.65. The monoisotopic (exact) mass is 348 g/mol. The maximum Gasteiger partial charge on any atom is 0.336 e. The summed E-state index contributed by atoms with van der Waals surface area (Å²) in [7, 11) is 0. The lowest BCUT2D eigenvalue weighted by atomic mass is 9.87. The van der Waals surface area contributed by atoms with Crippen LogP contribution in [0, 0.1) is 5.92 Å². The Balaban J connectivity index is 1.94. The first-order chi connectivity index (χ1) is 11.7. The quantitative estimate of drug-likeness (QED) is 0.572. The normalized spacial score (nSPS) is 41.2. The molecule has 2 fully saturated rings. The number of allylic oxidation sites excluding steroid dienone is 2. The number of ether oxygens (including phenoxy) is 2. The van der Waals surface area contributed by atoms with Gasteiger partial charge in [0.25, 0.3) is 0 Å². The van der Waals surface area contributed by atoms with Crippen molar-refractivity contribution in [3.8, 4) is 0 Å². The van der Waals surface area contributed by atoms with Crippen LogP contribution in [0.25, 0.3) is 0 Å². The Kier molecular flexibility index (Phi) is 4.68. The number of carbonyl (C=O) groups excluding carboxylic acids is 3. The Labute approximate surface area is 146 Å². The summed E-state index contributed by atoms with van der Waals surface area (Å²) in [5.74, 6) is -0.871. The van der Waals surface area contributed by atoms with E-state index in [9.17, 15) is 19.5 Å². The second kappa shape index (κ2) is 6.50. The van der Waals surface area contributed by atoms with Gasteiger partial charge in [0.1, 0.15) is 24.1 Å². The largest absolute Gasteiger partial charge is 0.456 e. The summed E-state index contributed by atoms with van der Waals surface area (Å²) in [6.45, 7) is 7.50. The SMILES string of the molecule is C=C(C)C1C/C=C2/C(=O)OC(CC3(C)CC(=O)C(CC(=O)C1)O3)C2O. The van der Waals surface area contributed by atoms with E-state index in [2.05, 4.69) is 6.58 Å². The molecule has 0 aromatic heterocycles. The van der Waals surface area contributed by atoms with Gasteiger partial charge in [0.15, 0.2) is 5.78 Å². The lowest BCUT2D eigenvalue weighted by molar-refractivity contribution is -0.144. The van der Waals surface area contributed by atoms with Gasteiger partial charge in [0, 0.05) is 25.7 Å². The predicted octanol–water partition coefficient (Wildman–Crippen LogP) is 1.65.